The van der Waals surface area contributed by atoms with E-state index in [9.17, 15) is 0 Å². The van der Waals surface area contributed by atoms with Crippen LogP contribution in [0.4, 0.5) is 0 Å². The Bertz CT molecular complexity index is 315. The molecule has 0 amide bonds. The zero-order valence-electron chi connectivity index (χ0n) is 9.51. The molecule has 15 heavy (non-hydrogen) atoms. The van der Waals surface area contributed by atoms with Crippen LogP contribution in [0.2, 0.25) is 0 Å². The van der Waals surface area contributed by atoms with Crippen molar-refractivity contribution >= 4 is 11.3 Å². The van der Waals surface area contributed by atoms with E-state index in [2.05, 4.69) is 25.2 Å². The number of nitrogens with one attached hydrogen (secondary N) is 1. The molecule has 0 saturated carbocycles. The standard InChI is InChI=1S/C12H19NOS/c1-9-7-11(10(2)15-9)3-5-13-12-4-6-14-8-12/h7,12-13H,3-6,8H2,1-2H3. The van der Waals surface area contributed by atoms with E-state index in [1.807, 2.05) is 11.3 Å². The topological polar surface area (TPSA) is 21.3 Å². The van der Waals surface area contributed by atoms with Gasteiger partial charge in [0.1, 0.15) is 0 Å². The number of ether oxygens (including phenoxy) is 1. The van der Waals surface area contributed by atoms with Gasteiger partial charge in [0.25, 0.3) is 0 Å². The highest BCUT2D eigenvalue weighted by Gasteiger charge is 2.14. The minimum absolute atomic E-state index is 0.588. The van der Waals surface area contributed by atoms with Crippen LogP contribution in [0, 0.1) is 13.8 Å². The van der Waals surface area contributed by atoms with E-state index in [0.29, 0.717) is 6.04 Å². The Morgan fingerprint density at radius 1 is 1.53 bits per heavy atom. The van der Waals surface area contributed by atoms with Crippen molar-refractivity contribution in [3.05, 3.63) is 21.4 Å². The van der Waals surface area contributed by atoms with Crippen molar-refractivity contribution in [1.29, 1.82) is 0 Å². The second kappa shape index (κ2) is 5.10. The molecule has 1 saturated heterocycles. The molecule has 0 spiro atoms. The van der Waals surface area contributed by atoms with E-state index in [4.69, 9.17) is 4.74 Å². The molecule has 2 nitrogen and oxygen atoms in total. The first kappa shape index (κ1) is 11.1. The summed E-state index contributed by atoms with van der Waals surface area (Å²) in [6, 6.07) is 2.90. The number of aryl methyl sites for hydroxylation is 2. The molecular weight excluding hydrogens is 206 g/mol. The van der Waals surface area contributed by atoms with Crippen molar-refractivity contribution in [2.75, 3.05) is 19.8 Å². The lowest BCUT2D eigenvalue weighted by molar-refractivity contribution is 0.190. The SMILES string of the molecule is Cc1cc(CCNC2CCOC2)c(C)s1. The summed E-state index contributed by atoms with van der Waals surface area (Å²) >= 11 is 1.90. The minimum atomic E-state index is 0.588. The lowest BCUT2D eigenvalue weighted by Crippen LogP contribution is -2.30. The molecule has 0 radical (unpaired) electrons. The predicted octanol–water partition coefficient (Wildman–Crippen LogP) is 2.29. The molecule has 1 unspecified atom stereocenters. The second-order valence-corrected chi connectivity index (χ2v) is 5.66. The Balaban J connectivity index is 1.75. The maximum atomic E-state index is 5.33. The van der Waals surface area contributed by atoms with Crippen LogP contribution in [0.25, 0.3) is 0 Å². The van der Waals surface area contributed by atoms with Gasteiger partial charge < -0.3 is 10.1 Å². The molecule has 2 rings (SSSR count). The average molecular weight is 225 g/mol. The van der Waals surface area contributed by atoms with Crippen LogP contribution in [0.3, 0.4) is 0 Å². The summed E-state index contributed by atoms with van der Waals surface area (Å²) in [7, 11) is 0. The molecule has 1 aliphatic rings. The smallest absolute Gasteiger partial charge is 0.0620 e. The van der Waals surface area contributed by atoms with Crippen molar-refractivity contribution in [2.45, 2.75) is 32.7 Å². The lowest BCUT2D eigenvalue weighted by Gasteiger charge is -2.09. The quantitative estimate of drug-likeness (QED) is 0.849. The van der Waals surface area contributed by atoms with Crippen LogP contribution >= 0.6 is 11.3 Å². The molecular formula is C12H19NOS. The van der Waals surface area contributed by atoms with Crippen molar-refractivity contribution in [3.8, 4) is 0 Å². The Morgan fingerprint density at radius 2 is 2.40 bits per heavy atom. The third kappa shape index (κ3) is 3.03. The van der Waals surface area contributed by atoms with Gasteiger partial charge in [0.15, 0.2) is 0 Å². The van der Waals surface area contributed by atoms with E-state index in [1.165, 1.54) is 21.7 Å². The largest absolute Gasteiger partial charge is 0.380 e. The monoisotopic (exact) mass is 225 g/mol. The van der Waals surface area contributed by atoms with Crippen LogP contribution < -0.4 is 5.32 Å². The Hall–Kier alpha value is -0.380. The van der Waals surface area contributed by atoms with Gasteiger partial charge in [0.05, 0.1) is 6.61 Å². The molecule has 2 heterocycles. The maximum absolute atomic E-state index is 5.33. The third-order valence-corrected chi connectivity index (χ3v) is 3.91. The van der Waals surface area contributed by atoms with E-state index >= 15 is 0 Å². The second-order valence-electron chi connectivity index (χ2n) is 4.20. The van der Waals surface area contributed by atoms with Gasteiger partial charge in [0, 0.05) is 22.4 Å². The summed E-state index contributed by atoms with van der Waals surface area (Å²) < 4.78 is 5.33. The van der Waals surface area contributed by atoms with E-state index in [1.54, 1.807) is 0 Å². The zero-order chi connectivity index (χ0) is 10.7. The Kier molecular flexibility index (Phi) is 3.78. The van der Waals surface area contributed by atoms with Crippen LogP contribution in [-0.4, -0.2) is 25.8 Å². The van der Waals surface area contributed by atoms with Crippen LogP contribution in [0.5, 0.6) is 0 Å². The van der Waals surface area contributed by atoms with E-state index in [0.717, 1.165) is 26.2 Å². The molecule has 1 aromatic heterocycles. The van der Waals surface area contributed by atoms with Crippen molar-refractivity contribution < 1.29 is 4.74 Å². The molecule has 0 aliphatic carbocycles. The summed E-state index contributed by atoms with van der Waals surface area (Å²) in [6.07, 6.45) is 2.31. The summed E-state index contributed by atoms with van der Waals surface area (Å²) in [4.78, 5) is 2.89. The Labute approximate surface area is 95.6 Å². The van der Waals surface area contributed by atoms with Crippen molar-refractivity contribution in [3.63, 3.8) is 0 Å². The fourth-order valence-corrected chi connectivity index (χ4v) is 3.01. The summed E-state index contributed by atoms with van der Waals surface area (Å²) in [5, 5.41) is 3.55. The lowest BCUT2D eigenvalue weighted by atomic mass is 10.1. The zero-order valence-corrected chi connectivity index (χ0v) is 10.3. The van der Waals surface area contributed by atoms with Crippen LogP contribution in [0.15, 0.2) is 6.07 Å². The molecule has 1 atom stereocenters. The molecule has 1 aliphatic heterocycles. The first-order chi connectivity index (χ1) is 7.25. The number of rotatable bonds is 4. The van der Waals surface area contributed by atoms with Crippen molar-refractivity contribution in [1.82, 2.24) is 5.32 Å². The highest BCUT2D eigenvalue weighted by molar-refractivity contribution is 7.12. The molecule has 84 valence electrons. The van der Waals surface area contributed by atoms with Crippen LogP contribution in [-0.2, 0) is 11.2 Å². The van der Waals surface area contributed by atoms with E-state index < -0.39 is 0 Å². The highest BCUT2D eigenvalue weighted by atomic mass is 32.1. The van der Waals surface area contributed by atoms with Crippen molar-refractivity contribution in [2.24, 2.45) is 0 Å². The third-order valence-electron chi connectivity index (χ3n) is 2.90. The van der Waals surface area contributed by atoms with Gasteiger partial charge in [0.2, 0.25) is 0 Å². The molecule has 1 N–H and O–H groups in total. The van der Waals surface area contributed by atoms with Gasteiger partial charge in [-0.1, -0.05) is 0 Å². The van der Waals surface area contributed by atoms with E-state index in [-0.39, 0.29) is 0 Å². The Morgan fingerprint density at radius 3 is 3.00 bits per heavy atom. The molecule has 3 heteroatoms. The first-order valence-electron chi connectivity index (χ1n) is 5.63. The van der Waals surface area contributed by atoms with Gasteiger partial charge in [-0.25, -0.2) is 0 Å². The fraction of sp³-hybridized carbons (Fsp3) is 0.667. The van der Waals surface area contributed by atoms with Gasteiger partial charge >= 0.3 is 0 Å². The number of thiophene rings is 1. The number of hydrogen-bond acceptors (Lipinski definition) is 3. The molecule has 1 aromatic rings. The fourth-order valence-electron chi connectivity index (χ4n) is 2.04. The van der Waals surface area contributed by atoms with Gasteiger partial charge in [-0.3, -0.25) is 0 Å². The highest BCUT2D eigenvalue weighted by Crippen LogP contribution is 2.20. The van der Waals surface area contributed by atoms with Gasteiger partial charge in [-0.2, -0.15) is 0 Å². The maximum Gasteiger partial charge on any atom is 0.0620 e. The summed E-state index contributed by atoms with van der Waals surface area (Å²) in [6.45, 7) is 7.28. The summed E-state index contributed by atoms with van der Waals surface area (Å²) in [5.41, 5.74) is 1.50. The van der Waals surface area contributed by atoms with Gasteiger partial charge in [-0.15, -0.1) is 11.3 Å². The molecule has 1 fully saturated rings. The summed E-state index contributed by atoms with van der Waals surface area (Å²) in [5.74, 6) is 0. The molecule has 0 aromatic carbocycles. The predicted molar refractivity (Wildman–Crippen MR) is 64.7 cm³/mol. The average Bonchev–Trinajstić information content (AvgIpc) is 2.77. The first-order valence-corrected chi connectivity index (χ1v) is 6.44. The van der Waals surface area contributed by atoms with Crippen LogP contribution in [0.1, 0.15) is 21.7 Å². The molecule has 0 bridgehead atoms. The minimum Gasteiger partial charge on any atom is -0.380 e. The normalized spacial score (nSPS) is 21.1. The number of hydrogen-bond donors (Lipinski definition) is 1. The van der Waals surface area contributed by atoms with Gasteiger partial charge in [-0.05, 0) is 44.9 Å².